The van der Waals surface area contributed by atoms with Gasteiger partial charge >= 0.3 is 0 Å². The van der Waals surface area contributed by atoms with Gasteiger partial charge in [0.25, 0.3) is 0 Å². The molecule has 0 amide bonds. The number of anilines is 2. The predicted octanol–water partition coefficient (Wildman–Crippen LogP) is 4.48. The number of aryl methyl sites for hydroxylation is 2. The summed E-state index contributed by atoms with van der Waals surface area (Å²) < 4.78 is 0. The van der Waals surface area contributed by atoms with Crippen LogP contribution in [-0.2, 0) is 12.8 Å². The molecule has 0 saturated heterocycles. The molecule has 0 unspecified atom stereocenters. The first kappa shape index (κ1) is 15.1. The molecule has 0 aliphatic carbocycles. The van der Waals surface area contributed by atoms with Crippen molar-refractivity contribution in [3.8, 4) is 0 Å². The molecule has 3 rings (SSSR count). The second-order valence-corrected chi connectivity index (χ2v) is 6.08. The van der Waals surface area contributed by atoms with Crippen molar-refractivity contribution in [2.45, 2.75) is 19.8 Å². The minimum Gasteiger partial charge on any atom is -0.337 e. The summed E-state index contributed by atoms with van der Waals surface area (Å²) in [5.41, 5.74) is 12.3. The number of hydrogen-bond acceptors (Lipinski definition) is 2. The highest BCUT2D eigenvalue weighted by molar-refractivity contribution is 6.30. The van der Waals surface area contributed by atoms with E-state index in [1.54, 1.807) is 0 Å². The minimum atomic E-state index is 0.574. The molecular formula is C19H21ClN2. The summed E-state index contributed by atoms with van der Waals surface area (Å²) in [6, 6.07) is 14.8. The maximum Gasteiger partial charge on any atom is 0.0461 e. The standard InChI is InChI=1S/C19H21ClN2/c1-2-14(12-21)13-22-18-6-4-3-5-15(18)7-8-16-9-10-17(20)11-19(16)22/h2-6,9-11H,7-8,12-13,21H2,1H3/b14-2+. The fraction of sp³-hybridized carbons (Fsp3) is 0.263. The van der Waals surface area contributed by atoms with E-state index < -0.39 is 0 Å². The third-order valence-electron chi connectivity index (χ3n) is 4.32. The number of nitrogens with two attached hydrogens (primary N) is 1. The molecule has 1 aliphatic heterocycles. The molecule has 2 aromatic carbocycles. The lowest BCUT2D eigenvalue weighted by Crippen LogP contribution is -2.24. The van der Waals surface area contributed by atoms with Gasteiger partial charge in [0.2, 0.25) is 0 Å². The Morgan fingerprint density at radius 2 is 1.86 bits per heavy atom. The summed E-state index contributed by atoms with van der Waals surface area (Å²) >= 11 is 6.26. The molecule has 2 aromatic rings. The van der Waals surface area contributed by atoms with Crippen LogP contribution in [-0.4, -0.2) is 13.1 Å². The smallest absolute Gasteiger partial charge is 0.0461 e. The van der Waals surface area contributed by atoms with Crippen LogP contribution in [0.25, 0.3) is 0 Å². The minimum absolute atomic E-state index is 0.574. The fourth-order valence-corrected chi connectivity index (χ4v) is 3.20. The zero-order valence-corrected chi connectivity index (χ0v) is 13.6. The van der Waals surface area contributed by atoms with E-state index >= 15 is 0 Å². The maximum absolute atomic E-state index is 6.26. The van der Waals surface area contributed by atoms with Crippen LogP contribution in [0.1, 0.15) is 18.1 Å². The second-order valence-electron chi connectivity index (χ2n) is 5.64. The van der Waals surface area contributed by atoms with Gasteiger partial charge in [0.05, 0.1) is 0 Å². The van der Waals surface area contributed by atoms with Crippen LogP contribution in [0.2, 0.25) is 5.02 Å². The highest BCUT2D eigenvalue weighted by Crippen LogP contribution is 2.37. The number of fused-ring (bicyclic) bond motifs is 2. The number of hydrogen-bond donors (Lipinski definition) is 1. The molecule has 2 nitrogen and oxygen atoms in total. The molecule has 1 heterocycles. The molecule has 0 aromatic heterocycles. The van der Waals surface area contributed by atoms with E-state index in [4.69, 9.17) is 17.3 Å². The highest BCUT2D eigenvalue weighted by Gasteiger charge is 2.21. The number of halogens is 1. The molecule has 0 spiro atoms. The fourth-order valence-electron chi connectivity index (χ4n) is 3.03. The first-order valence-corrected chi connectivity index (χ1v) is 8.08. The molecule has 114 valence electrons. The highest BCUT2D eigenvalue weighted by atomic mass is 35.5. The van der Waals surface area contributed by atoms with E-state index in [1.165, 1.54) is 28.1 Å². The van der Waals surface area contributed by atoms with Gasteiger partial charge in [-0.3, -0.25) is 0 Å². The summed E-state index contributed by atoms with van der Waals surface area (Å²) in [6.45, 7) is 3.42. The molecule has 1 aliphatic rings. The lowest BCUT2D eigenvalue weighted by atomic mass is 10.0. The van der Waals surface area contributed by atoms with Gasteiger partial charge in [0.15, 0.2) is 0 Å². The number of rotatable bonds is 3. The third-order valence-corrected chi connectivity index (χ3v) is 4.55. The second kappa shape index (κ2) is 6.55. The maximum atomic E-state index is 6.26. The lowest BCUT2D eigenvalue weighted by Gasteiger charge is -2.28. The summed E-state index contributed by atoms with van der Waals surface area (Å²) in [4.78, 5) is 2.35. The normalized spacial score (nSPS) is 14.3. The molecule has 2 N–H and O–H groups in total. The van der Waals surface area contributed by atoms with E-state index in [9.17, 15) is 0 Å². The van der Waals surface area contributed by atoms with Gasteiger partial charge in [-0.2, -0.15) is 0 Å². The van der Waals surface area contributed by atoms with Gasteiger partial charge in [-0.15, -0.1) is 0 Å². The average molecular weight is 313 g/mol. The van der Waals surface area contributed by atoms with Crippen LogP contribution in [0, 0.1) is 0 Å². The van der Waals surface area contributed by atoms with E-state index in [2.05, 4.69) is 47.4 Å². The number of para-hydroxylation sites is 1. The molecule has 0 radical (unpaired) electrons. The van der Waals surface area contributed by atoms with E-state index in [0.29, 0.717) is 6.54 Å². The molecule has 0 saturated carbocycles. The van der Waals surface area contributed by atoms with Crippen LogP contribution in [0.4, 0.5) is 11.4 Å². The van der Waals surface area contributed by atoms with Crippen molar-refractivity contribution < 1.29 is 0 Å². The summed E-state index contributed by atoms with van der Waals surface area (Å²) in [5, 5.41) is 0.776. The van der Waals surface area contributed by atoms with Gasteiger partial charge < -0.3 is 10.6 Å². The Hall–Kier alpha value is -1.77. The van der Waals surface area contributed by atoms with Crippen LogP contribution in [0.5, 0.6) is 0 Å². The zero-order valence-electron chi connectivity index (χ0n) is 12.8. The molecule has 3 heteroatoms. The summed E-state index contributed by atoms with van der Waals surface area (Å²) in [5.74, 6) is 0. The quantitative estimate of drug-likeness (QED) is 0.847. The summed E-state index contributed by atoms with van der Waals surface area (Å²) in [7, 11) is 0. The van der Waals surface area contributed by atoms with E-state index in [-0.39, 0.29) is 0 Å². The van der Waals surface area contributed by atoms with Crippen LogP contribution < -0.4 is 10.6 Å². The molecule has 0 fully saturated rings. The Morgan fingerprint density at radius 3 is 2.59 bits per heavy atom. The van der Waals surface area contributed by atoms with Crippen molar-refractivity contribution in [2.75, 3.05) is 18.0 Å². The number of allylic oxidation sites excluding steroid dienone is 1. The number of nitrogens with zero attached hydrogens (tertiary/aromatic N) is 1. The lowest BCUT2D eigenvalue weighted by molar-refractivity contribution is 0.975. The largest absolute Gasteiger partial charge is 0.337 e. The van der Waals surface area contributed by atoms with Crippen LogP contribution >= 0.6 is 11.6 Å². The molecular weight excluding hydrogens is 292 g/mol. The number of benzene rings is 2. The van der Waals surface area contributed by atoms with E-state index in [0.717, 1.165) is 24.4 Å². The SMILES string of the molecule is C/C=C(\CN)CN1c2ccccc2CCc2ccc(Cl)cc21. The van der Waals surface area contributed by atoms with Gasteiger partial charge in [0, 0.05) is 29.5 Å². The van der Waals surface area contributed by atoms with Gasteiger partial charge in [-0.1, -0.05) is 41.9 Å². The average Bonchev–Trinajstić information content (AvgIpc) is 2.69. The van der Waals surface area contributed by atoms with Gasteiger partial charge in [0.1, 0.15) is 0 Å². The first-order valence-electron chi connectivity index (χ1n) is 7.71. The molecule has 0 bridgehead atoms. The van der Waals surface area contributed by atoms with Crippen molar-refractivity contribution in [3.05, 3.63) is 70.3 Å². The first-order chi connectivity index (χ1) is 10.7. The van der Waals surface area contributed by atoms with Crippen LogP contribution in [0.15, 0.2) is 54.1 Å². The van der Waals surface area contributed by atoms with Crippen molar-refractivity contribution in [1.29, 1.82) is 0 Å². The monoisotopic (exact) mass is 312 g/mol. The Kier molecular flexibility index (Phi) is 4.51. The Balaban J connectivity index is 2.14. The van der Waals surface area contributed by atoms with Crippen molar-refractivity contribution in [2.24, 2.45) is 5.73 Å². The van der Waals surface area contributed by atoms with Crippen molar-refractivity contribution >= 4 is 23.0 Å². The third kappa shape index (κ3) is 2.90. The Labute approximate surface area is 137 Å². The topological polar surface area (TPSA) is 29.3 Å². The summed E-state index contributed by atoms with van der Waals surface area (Å²) in [6.07, 6.45) is 4.20. The van der Waals surface area contributed by atoms with Crippen molar-refractivity contribution in [1.82, 2.24) is 0 Å². The van der Waals surface area contributed by atoms with Gasteiger partial charge in [-0.05, 0) is 54.7 Å². The van der Waals surface area contributed by atoms with E-state index in [1.807, 2.05) is 13.0 Å². The zero-order chi connectivity index (χ0) is 15.5. The Morgan fingerprint density at radius 1 is 1.14 bits per heavy atom. The van der Waals surface area contributed by atoms with Crippen molar-refractivity contribution in [3.63, 3.8) is 0 Å². The predicted molar refractivity (Wildman–Crippen MR) is 95.1 cm³/mol. The van der Waals surface area contributed by atoms with Gasteiger partial charge in [-0.25, -0.2) is 0 Å². The molecule has 0 atom stereocenters. The Bertz CT molecular complexity index is 706. The molecule has 22 heavy (non-hydrogen) atoms. The van der Waals surface area contributed by atoms with Crippen LogP contribution in [0.3, 0.4) is 0 Å².